The minimum atomic E-state index is -0.324. The Hall–Kier alpha value is -2.28. The van der Waals surface area contributed by atoms with Crippen molar-refractivity contribution >= 4 is 39.9 Å². The van der Waals surface area contributed by atoms with E-state index in [0.717, 1.165) is 28.4 Å². The first-order chi connectivity index (χ1) is 9.47. The molecule has 0 saturated carbocycles. The van der Waals surface area contributed by atoms with Crippen molar-refractivity contribution in [2.75, 3.05) is 0 Å². The van der Waals surface area contributed by atoms with Gasteiger partial charge in [-0.15, -0.1) is 0 Å². The van der Waals surface area contributed by atoms with Crippen LogP contribution in [0.4, 0.5) is 0 Å². The van der Waals surface area contributed by atoms with E-state index in [1.165, 1.54) is 0 Å². The molecule has 0 fully saturated rings. The lowest BCUT2D eigenvalue weighted by molar-refractivity contribution is -0.113. The third-order valence-electron chi connectivity index (χ3n) is 3.23. The van der Waals surface area contributed by atoms with Gasteiger partial charge < -0.3 is 5.73 Å². The largest absolute Gasteiger partial charge is 0.378 e. The predicted molar refractivity (Wildman–Crippen MR) is 80.4 cm³/mol. The number of aryl methyl sites for hydroxylation is 2. The van der Waals surface area contributed by atoms with Gasteiger partial charge in [-0.1, -0.05) is 6.07 Å². The smallest absolute Gasteiger partial charge is 0.328 e. The molecule has 0 bridgehead atoms. The summed E-state index contributed by atoms with van der Waals surface area (Å²) in [5.41, 5.74) is 7.93. The summed E-state index contributed by atoms with van der Waals surface area (Å²) in [4.78, 5) is 27.6. The van der Waals surface area contributed by atoms with Crippen molar-refractivity contribution in [1.82, 2.24) is 9.13 Å². The highest BCUT2D eigenvalue weighted by atomic mass is 32.2. The number of amides is 1. The van der Waals surface area contributed by atoms with Crippen LogP contribution in [0.3, 0.4) is 0 Å². The fourth-order valence-electron chi connectivity index (χ4n) is 2.19. The van der Waals surface area contributed by atoms with Crippen molar-refractivity contribution in [2.45, 2.75) is 0 Å². The molecule has 0 aliphatic carbocycles. The number of thioether (sulfide) groups is 1. The Bertz CT molecular complexity index is 857. The molecule has 0 spiro atoms. The van der Waals surface area contributed by atoms with Crippen LogP contribution in [0.1, 0.15) is 5.56 Å². The number of nitrogens with zero attached hydrogens (tertiary/aromatic N) is 3. The zero-order valence-corrected chi connectivity index (χ0v) is 11.8. The van der Waals surface area contributed by atoms with Crippen LogP contribution in [0.2, 0.25) is 0 Å². The van der Waals surface area contributed by atoms with E-state index in [-0.39, 0.29) is 16.8 Å². The van der Waals surface area contributed by atoms with Gasteiger partial charge in [0.2, 0.25) is 0 Å². The Balaban J connectivity index is 2.11. The topological polar surface area (TPSA) is 82.4 Å². The van der Waals surface area contributed by atoms with Crippen molar-refractivity contribution in [1.29, 1.82) is 0 Å². The van der Waals surface area contributed by atoms with Crippen molar-refractivity contribution in [3.8, 4) is 0 Å². The SMILES string of the molecule is Cn1c(=O)n(C)c2cc(/C=C3\SC(N)=NC3=O)ccc21. The number of carbonyl (C=O) groups excluding carboxylic acids is 1. The van der Waals surface area contributed by atoms with Crippen LogP contribution >= 0.6 is 11.8 Å². The second kappa shape index (κ2) is 4.38. The van der Waals surface area contributed by atoms with Crippen LogP contribution in [0.15, 0.2) is 32.9 Å². The monoisotopic (exact) mass is 288 g/mol. The van der Waals surface area contributed by atoms with Crippen molar-refractivity contribution in [3.05, 3.63) is 39.2 Å². The number of aromatic nitrogens is 2. The lowest BCUT2D eigenvalue weighted by Gasteiger charge is -1.99. The number of nitrogens with two attached hydrogens (primary N) is 1. The summed E-state index contributed by atoms with van der Waals surface area (Å²) < 4.78 is 3.16. The van der Waals surface area contributed by atoms with E-state index in [2.05, 4.69) is 4.99 Å². The number of hydrogen-bond donors (Lipinski definition) is 1. The number of rotatable bonds is 1. The third-order valence-corrected chi connectivity index (χ3v) is 4.04. The fraction of sp³-hybridized carbons (Fsp3) is 0.154. The second-order valence-electron chi connectivity index (χ2n) is 4.51. The van der Waals surface area contributed by atoms with Gasteiger partial charge >= 0.3 is 5.69 Å². The Morgan fingerprint density at radius 3 is 2.55 bits per heavy atom. The molecule has 3 rings (SSSR count). The second-order valence-corrected chi connectivity index (χ2v) is 5.58. The minimum Gasteiger partial charge on any atom is -0.378 e. The lowest BCUT2D eigenvalue weighted by Crippen LogP contribution is -2.19. The fourth-order valence-corrected chi connectivity index (χ4v) is 2.87. The molecule has 0 radical (unpaired) electrons. The zero-order valence-electron chi connectivity index (χ0n) is 11.0. The van der Waals surface area contributed by atoms with Crippen LogP contribution in [-0.2, 0) is 18.9 Å². The molecule has 0 saturated heterocycles. The van der Waals surface area contributed by atoms with Gasteiger partial charge in [0.1, 0.15) is 0 Å². The number of imidazole rings is 1. The number of benzene rings is 1. The molecule has 6 nitrogen and oxygen atoms in total. The van der Waals surface area contributed by atoms with Crippen LogP contribution in [0.25, 0.3) is 17.1 Å². The van der Waals surface area contributed by atoms with Crippen LogP contribution in [0, 0.1) is 0 Å². The van der Waals surface area contributed by atoms with Gasteiger partial charge in [0.15, 0.2) is 5.17 Å². The molecule has 7 heteroatoms. The molecule has 102 valence electrons. The van der Waals surface area contributed by atoms with E-state index in [1.54, 1.807) is 29.3 Å². The molecule has 0 atom stereocenters. The van der Waals surface area contributed by atoms with Gasteiger partial charge in [-0.3, -0.25) is 13.9 Å². The predicted octanol–water partition coefficient (Wildman–Crippen LogP) is 0.806. The summed E-state index contributed by atoms with van der Waals surface area (Å²) in [6, 6.07) is 5.58. The maximum absolute atomic E-state index is 11.9. The number of carbonyl (C=O) groups is 1. The normalized spacial score (nSPS) is 17.2. The molecule has 2 heterocycles. The Morgan fingerprint density at radius 2 is 1.90 bits per heavy atom. The number of hydrogen-bond acceptors (Lipinski definition) is 4. The van der Waals surface area contributed by atoms with E-state index >= 15 is 0 Å². The maximum atomic E-state index is 11.9. The highest BCUT2D eigenvalue weighted by molar-refractivity contribution is 8.18. The van der Waals surface area contributed by atoms with E-state index in [9.17, 15) is 9.59 Å². The first kappa shape index (κ1) is 12.7. The summed E-state index contributed by atoms with van der Waals surface area (Å²) in [6.45, 7) is 0. The molecule has 0 unspecified atom stereocenters. The van der Waals surface area contributed by atoms with E-state index < -0.39 is 0 Å². The molecular weight excluding hydrogens is 276 g/mol. The molecule has 1 aromatic heterocycles. The van der Waals surface area contributed by atoms with Crippen LogP contribution in [0.5, 0.6) is 0 Å². The van der Waals surface area contributed by atoms with Crippen molar-refractivity contribution in [2.24, 2.45) is 24.8 Å². The molecule has 1 aliphatic rings. The van der Waals surface area contributed by atoms with Gasteiger partial charge in [0, 0.05) is 14.1 Å². The number of fused-ring (bicyclic) bond motifs is 1. The van der Waals surface area contributed by atoms with Crippen molar-refractivity contribution in [3.63, 3.8) is 0 Å². The van der Waals surface area contributed by atoms with Crippen molar-refractivity contribution < 1.29 is 4.79 Å². The summed E-state index contributed by atoms with van der Waals surface area (Å²) in [5, 5.41) is 0.259. The van der Waals surface area contributed by atoms with E-state index in [4.69, 9.17) is 5.73 Å². The zero-order chi connectivity index (χ0) is 14.4. The highest BCUT2D eigenvalue weighted by Gasteiger charge is 2.19. The molecule has 2 aromatic rings. The van der Waals surface area contributed by atoms with Gasteiger partial charge in [-0.2, -0.15) is 4.99 Å². The van der Waals surface area contributed by atoms with Crippen LogP contribution < -0.4 is 11.4 Å². The Labute approximate surface area is 118 Å². The Morgan fingerprint density at radius 1 is 1.20 bits per heavy atom. The molecule has 1 aromatic carbocycles. The standard InChI is InChI=1S/C13H12N4O2S/c1-16-8-4-3-7(5-9(8)17(2)13(16)19)6-10-11(18)15-12(14)20-10/h3-6H,1-2H3,(H2,14,15,18)/b10-6-. The quantitative estimate of drug-likeness (QED) is 0.787. The van der Waals surface area contributed by atoms with E-state index in [0.29, 0.717) is 4.91 Å². The molecule has 1 aliphatic heterocycles. The first-order valence-electron chi connectivity index (χ1n) is 5.91. The number of aliphatic imine (C=N–C) groups is 1. The average Bonchev–Trinajstić information content (AvgIpc) is 2.83. The van der Waals surface area contributed by atoms with Gasteiger partial charge in [0.05, 0.1) is 15.9 Å². The molecule has 1 amide bonds. The first-order valence-corrected chi connectivity index (χ1v) is 6.72. The van der Waals surface area contributed by atoms with Gasteiger partial charge in [0.25, 0.3) is 5.91 Å². The Kier molecular flexibility index (Phi) is 2.79. The summed E-state index contributed by atoms with van der Waals surface area (Å²) in [6.07, 6.45) is 1.73. The van der Waals surface area contributed by atoms with E-state index in [1.807, 2.05) is 18.2 Å². The number of amidine groups is 1. The van der Waals surface area contributed by atoms with Gasteiger partial charge in [-0.05, 0) is 35.5 Å². The summed E-state index contributed by atoms with van der Waals surface area (Å²) in [7, 11) is 3.45. The average molecular weight is 288 g/mol. The highest BCUT2D eigenvalue weighted by Crippen LogP contribution is 2.27. The maximum Gasteiger partial charge on any atom is 0.328 e. The lowest BCUT2D eigenvalue weighted by atomic mass is 10.2. The molecule has 2 N–H and O–H groups in total. The summed E-state index contributed by atoms with van der Waals surface area (Å²) in [5.74, 6) is -0.324. The minimum absolute atomic E-state index is 0.0799. The molecule has 20 heavy (non-hydrogen) atoms. The summed E-state index contributed by atoms with van der Waals surface area (Å²) >= 11 is 1.15. The molecular formula is C13H12N4O2S. The van der Waals surface area contributed by atoms with Crippen LogP contribution in [-0.4, -0.2) is 20.2 Å². The van der Waals surface area contributed by atoms with Gasteiger partial charge in [-0.25, -0.2) is 4.79 Å². The third kappa shape index (κ3) is 1.87.